The third-order valence-corrected chi connectivity index (χ3v) is 4.24. The molecule has 3 nitrogen and oxygen atoms in total. The molecule has 0 aromatic heterocycles. The molecule has 1 fully saturated rings. The summed E-state index contributed by atoms with van der Waals surface area (Å²) in [7, 11) is 0. The first-order valence-corrected chi connectivity index (χ1v) is 7.23. The average Bonchev–Trinajstić information content (AvgIpc) is 2.34. The number of aliphatic hydroxyl groups is 1. The second-order valence-electron chi connectivity index (χ2n) is 5.13. The number of hydrogen-bond donors (Lipinski definition) is 2. The van der Waals surface area contributed by atoms with Crippen LogP contribution in [0.1, 0.15) is 25.3 Å². The van der Waals surface area contributed by atoms with Crippen molar-refractivity contribution in [1.82, 2.24) is 4.90 Å². The summed E-state index contributed by atoms with van der Waals surface area (Å²) >= 11 is 3.43. The van der Waals surface area contributed by atoms with Crippen LogP contribution in [0.25, 0.3) is 0 Å². The molecule has 1 saturated heterocycles. The number of nitrogens with zero attached hydrogens (tertiary/aromatic N) is 1. The Hall–Kier alpha value is -0.580. The third-order valence-electron chi connectivity index (χ3n) is 3.75. The zero-order valence-corrected chi connectivity index (χ0v) is 12.2. The summed E-state index contributed by atoms with van der Waals surface area (Å²) in [5, 5.41) is 19.4. The quantitative estimate of drug-likeness (QED) is 0.902. The van der Waals surface area contributed by atoms with Crippen molar-refractivity contribution in [3.05, 3.63) is 28.2 Å². The van der Waals surface area contributed by atoms with Crippen LogP contribution in [-0.2, 0) is 6.54 Å². The van der Waals surface area contributed by atoms with Crippen molar-refractivity contribution in [2.45, 2.75) is 32.4 Å². The predicted octanol–water partition coefficient (Wildman–Crippen LogP) is 2.75. The van der Waals surface area contributed by atoms with E-state index in [1.807, 2.05) is 19.1 Å². The lowest BCUT2D eigenvalue weighted by molar-refractivity contribution is 0.0693. The Bertz CT molecular complexity index is 401. The summed E-state index contributed by atoms with van der Waals surface area (Å²) < 4.78 is 0.995. The van der Waals surface area contributed by atoms with Gasteiger partial charge < -0.3 is 10.2 Å². The zero-order chi connectivity index (χ0) is 13.1. The molecule has 4 heteroatoms. The van der Waals surface area contributed by atoms with Crippen LogP contribution in [0.15, 0.2) is 22.7 Å². The molecule has 1 aromatic carbocycles. The van der Waals surface area contributed by atoms with Crippen LogP contribution >= 0.6 is 15.9 Å². The van der Waals surface area contributed by atoms with Crippen LogP contribution in [0.4, 0.5) is 0 Å². The topological polar surface area (TPSA) is 43.7 Å². The fourth-order valence-corrected chi connectivity index (χ4v) is 2.92. The Labute approximate surface area is 117 Å². The number of benzene rings is 1. The summed E-state index contributed by atoms with van der Waals surface area (Å²) in [4.78, 5) is 2.33. The van der Waals surface area contributed by atoms with Crippen LogP contribution in [-0.4, -0.2) is 34.3 Å². The maximum absolute atomic E-state index is 9.82. The molecule has 1 unspecified atom stereocenters. The number of rotatable bonds is 3. The van der Waals surface area contributed by atoms with Gasteiger partial charge in [0, 0.05) is 16.6 Å². The number of hydrogen-bond acceptors (Lipinski definition) is 3. The summed E-state index contributed by atoms with van der Waals surface area (Å²) in [6, 6.07) is 5.54. The smallest absolute Gasteiger partial charge is 0.120 e. The molecule has 1 aromatic rings. The van der Waals surface area contributed by atoms with Crippen molar-refractivity contribution in [2.75, 3.05) is 13.1 Å². The molecular formula is C14H20BrNO2. The highest BCUT2D eigenvalue weighted by Crippen LogP contribution is 2.26. The number of aliphatic hydroxyl groups excluding tert-OH is 1. The standard InChI is InChI=1S/C14H20BrNO2/c1-10(17)11-4-6-16(7-5-11)9-12-8-13(15)2-3-14(12)18/h2-3,8,10-11,17-18H,4-7,9H2,1H3. The lowest BCUT2D eigenvalue weighted by Gasteiger charge is -2.33. The fraction of sp³-hybridized carbons (Fsp3) is 0.571. The lowest BCUT2D eigenvalue weighted by atomic mass is 9.92. The third kappa shape index (κ3) is 3.46. The molecule has 1 aliphatic heterocycles. The van der Waals surface area contributed by atoms with Gasteiger partial charge in [0.05, 0.1) is 6.10 Å². The highest BCUT2D eigenvalue weighted by molar-refractivity contribution is 9.10. The van der Waals surface area contributed by atoms with Crippen molar-refractivity contribution >= 4 is 15.9 Å². The first-order valence-electron chi connectivity index (χ1n) is 6.44. The molecule has 1 heterocycles. The minimum atomic E-state index is -0.202. The van der Waals surface area contributed by atoms with Crippen molar-refractivity contribution in [3.63, 3.8) is 0 Å². The first kappa shape index (κ1) is 13.8. The van der Waals surface area contributed by atoms with Crippen molar-refractivity contribution < 1.29 is 10.2 Å². The Morgan fingerprint density at radius 2 is 2.06 bits per heavy atom. The van der Waals surface area contributed by atoms with Gasteiger partial charge in [0.25, 0.3) is 0 Å². The van der Waals surface area contributed by atoms with E-state index in [0.717, 1.165) is 42.5 Å². The molecule has 0 spiro atoms. The van der Waals surface area contributed by atoms with Gasteiger partial charge in [-0.3, -0.25) is 4.90 Å². The number of aromatic hydroxyl groups is 1. The molecule has 1 aliphatic rings. The van der Waals surface area contributed by atoms with Crippen LogP contribution in [0.5, 0.6) is 5.75 Å². The Morgan fingerprint density at radius 1 is 1.39 bits per heavy atom. The van der Waals surface area contributed by atoms with E-state index in [9.17, 15) is 10.2 Å². The number of halogens is 1. The second kappa shape index (κ2) is 6.04. The minimum Gasteiger partial charge on any atom is -0.508 e. The first-order chi connectivity index (χ1) is 8.56. The average molecular weight is 314 g/mol. The second-order valence-corrected chi connectivity index (χ2v) is 6.04. The molecule has 0 bridgehead atoms. The minimum absolute atomic E-state index is 0.202. The molecule has 2 rings (SSSR count). The highest BCUT2D eigenvalue weighted by atomic mass is 79.9. The van der Waals surface area contributed by atoms with Crippen LogP contribution < -0.4 is 0 Å². The maximum atomic E-state index is 9.82. The molecule has 100 valence electrons. The normalized spacial score (nSPS) is 19.9. The molecule has 0 aliphatic carbocycles. The Balaban J connectivity index is 1.93. The number of piperidine rings is 1. The summed E-state index contributed by atoms with van der Waals surface area (Å²) in [6.45, 7) is 4.63. The molecule has 0 radical (unpaired) electrons. The van der Waals surface area contributed by atoms with Crippen molar-refractivity contribution in [3.8, 4) is 5.75 Å². The van der Waals surface area contributed by atoms with Gasteiger partial charge in [0.15, 0.2) is 0 Å². The van der Waals surface area contributed by atoms with Gasteiger partial charge in [-0.1, -0.05) is 15.9 Å². The van der Waals surface area contributed by atoms with Gasteiger partial charge in [0.2, 0.25) is 0 Å². The van der Waals surface area contributed by atoms with Gasteiger partial charge in [-0.05, 0) is 57.0 Å². The number of phenols is 1. The van der Waals surface area contributed by atoms with E-state index in [1.165, 1.54) is 0 Å². The van der Waals surface area contributed by atoms with Crippen molar-refractivity contribution in [2.24, 2.45) is 5.92 Å². The summed E-state index contributed by atoms with van der Waals surface area (Å²) in [5.41, 5.74) is 0.958. The summed E-state index contributed by atoms with van der Waals surface area (Å²) in [6.07, 6.45) is 1.87. The predicted molar refractivity (Wildman–Crippen MR) is 75.5 cm³/mol. The maximum Gasteiger partial charge on any atom is 0.120 e. The fourth-order valence-electron chi connectivity index (χ4n) is 2.52. The van der Waals surface area contributed by atoms with Gasteiger partial charge in [0.1, 0.15) is 5.75 Å². The molecular weight excluding hydrogens is 294 g/mol. The van der Waals surface area contributed by atoms with Crippen LogP contribution in [0.3, 0.4) is 0 Å². The van der Waals surface area contributed by atoms with E-state index in [2.05, 4.69) is 20.8 Å². The van der Waals surface area contributed by atoms with Gasteiger partial charge >= 0.3 is 0 Å². The SMILES string of the molecule is CC(O)C1CCN(Cc2cc(Br)ccc2O)CC1. The zero-order valence-electron chi connectivity index (χ0n) is 10.6. The molecule has 0 amide bonds. The number of phenolic OH excluding ortho intramolecular Hbond substituents is 1. The van der Waals surface area contributed by atoms with Gasteiger partial charge in [-0.15, -0.1) is 0 Å². The van der Waals surface area contributed by atoms with E-state index < -0.39 is 0 Å². The van der Waals surface area contributed by atoms with Gasteiger partial charge in [-0.25, -0.2) is 0 Å². The molecule has 18 heavy (non-hydrogen) atoms. The van der Waals surface area contributed by atoms with E-state index >= 15 is 0 Å². The molecule has 0 saturated carbocycles. The molecule has 2 N–H and O–H groups in total. The Morgan fingerprint density at radius 3 is 2.67 bits per heavy atom. The van der Waals surface area contributed by atoms with Gasteiger partial charge in [-0.2, -0.15) is 0 Å². The number of likely N-dealkylation sites (tertiary alicyclic amines) is 1. The van der Waals surface area contributed by atoms with E-state index in [4.69, 9.17) is 0 Å². The Kier molecular flexibility index (Phi) is 4.65. The summed E-state index contributed by atoms with van der Waals surface area (Å²) in [5.74, 6) is 0.785. The molecule has 1 atom stereocenters. The van der Waals surface area contributed by atoms with E-state index in [1.54, 1.807) is 6.07 Å². The van der Waals surface area contributed by atoms with E-state index in [0.29, 0.717) is 11.7 Å². The largest absolute Gasteiger partial charge is 0.508 e. The van der Waals surface area contributed by atoms with Crippen molar-refractivity contribution in [1.29, 1.82) is 0 Å². The lowest BCUT2D eigenvalue weighted by Crippen LogP contribution is -2.36. The van der Waals surface area contributed by atoms with Crippen LogP contribution in [0.2, 0.25) is 0 Å². The highest BCUT2D eigenvalue weighted by Gasteiger charge is 2.22. The van der Waals surface area contributed by atoms with E-state index in [-0.39, 0.29) is 6.10 Å². The van der Waals surface area contributed by atoms with Crippen LogP contribution in [0, 0.1) is 5.92 Å². The monoisotopic (exact) mass is 313 g/mol.